The summed E-state index contributed by atoms with van der Waals surface area (Å²) in [7, 11) is -3.75. The predicted molar refractivity (Wildman–Crippen MR) is 106 cm³/mol. The summed E-state index contributed by atoms with van der Waals surface area (Å²) in [5.41, 5.74) is 1.04. The number of morpholine rings is 1. The van der Waals surface area contributed by atoms with Crippen LogP contribution >= 0.6 is 23.2 Å². The molecule has 1 aliphatic rings. The van der Waals surface area contributed by atoms with Crippen LogP contribution in [0.15, 0.2) is 42.5 Å². The Labute approximate surface area is 168 Å². The highest BCUT2D eigenvalue weighted by Crippen LogP contribution is 2.25. The highest BCUT2D eigenvalue weighted by Gasteiger charge is 2.23. The van der Waals surface area contributed by atoms with Crippen molar-refractivity contribution in [2.75, 3.05) is 31.0 Å². The second kappa shape index (κ2) is 8.48. The van der Waals surface area contributed by atoms with Gasteiger partial charge in [-0.25, -0.2) is 8.42 Å². The van der Waals surface area contributed by atoms with Crippen molar-refractivity contribution in [3.8, 4) is 0 Å². The van der Waals surface area contributed by atoms with Crippen molar-refractivity contribution >= 4 is 44.8 Å². The van der Waals surface area contributed by atoms with Crippen LogP contribution < -0.4 is 4.72 Å². The first-order valence-corrected chi connectivity index (χ1v) is 10.7. The molecule has 1 N–H and O–H groups in total. The van der Waals surface area contributed by atoms with Gasteiger partial charge in [-0.2, -0.15) is 0 Å². The monoisotopic (exact) mass is 428 g/mol. The molecule has 1 fully saturated rings. The number of benzene rings is 2. The molecule has 0 radical (unpaired) electrons. The average molecular weight is 429 g/mol. The van der Waals surface area contributed by atoms with Crippen molar-refractivity contribution in [2.24, 2.45) is 0 Å². The number of ether oxygens (including phenoxy) is 1. The van der Waals surface area contributed by atoms with E-state index in [1.165, 1.54) is 6.07 Å². The van der Waals surface area contributed by atoms with Crippen LogP contribution in [0.1, 0.15) is 15.9 Å². The highest BCUT2D eigenvalue weighted by atomic mass is 35.5. The van der Waals surface area contributed by atoms with Crippen LogP contribution in [0.3, 0.4) is 0 Å². The maximum absolute atomic E-state index is 12.8. The summed E-state index contributed by atoms with van der Waals surface area (Å²) in [6.45, 7) is 1.89. The van der Waals surface area contributed by atoms with Crippen LogP contribution in [0, 0.1) is 0 Å². The van der Waals surface area contributed by atoms with E-state index in [0.717, 1.165) is 0 Å². The summed E-state index contributed by atoms with van der Waals surface area (Å²) < 4.78 is 32.9. The number of anilines is 1. The van der Waals surface area contributed by atoms with Crippen molar-refractivity contribution in [1.29, 1.82) is 0 Å². The third-order valence-corrected chi connectivity index (χ3v) is 6.05. The van der Waals surface area contributed by atoms with Crippen molar-refractivity contribution < 1.29 is 17.9 Å². The van der Waals surface area contributed by atoms with Crippen molar-refractivity contribution in [3.63, 3.8) is 0 Å². The van der Waals surface area contributed by atoms with Gasteiger partial charge in [-0.05, 0) is 29.8 Å². The highest BCUT2D eigenvalue weighted by molar-refractivity contribution is 7.91. The molecule has 0 aromatic heterocycles. The third-order valence-electron chi connectivity index (χ3n) is 4.06. The molecule has 0 unspecified atom stereocenters. The number of carbonyl (C=O) groups excluding carboxylic acids is 1. The zero-order valence-corrected chi connectivity index (χ0v) is 16.6. The minimum atomic E-state index is -3.75. The third kappa shape index (κ3) is 5.13. The molecular weight excluding hydrogens is 411 g/mol. The second-order valence-electron chi connectivity index (χ2n) is 6.06. The maximum atomic E-state index is 12.8. The lowest BCUT2D eigenvalue weighted by atomic mass is 10.1. The van der Waals surface area contributed by atoms with E-state index in [9.17, 15) is 13.2 Å². The van der Waals surface area contributed by atoms with Gasteiger partial charge in [0.2, 0.25) is 10.0 Å². The second-order valence-corrected chi connectivity index (χ2v) is 8.60. The van der Waals surface area contributed by atoms with Gasteiger partial charge in [0.1, 0.15) is 0 Å². The largest absolute Gasteiger partial charge is 0.378 e. The molecule has 0 atom stereocenters. The van der Waals surface area contributed by atoms with E-state index in [1.807, 2.05) is 0 Å². The van der Waals surface area contributed by atoms with E-state index >= 15 is 0 Å². The van der Waals surface area contributed by atoms with Crippen LogP contribution in [0.5, 0.6) is 0 Å². The smallest absolute Gasteiger partial charge is 0.256 e. The van der Waals surface area contributed by atoms with Gasteiger partial charge in [0.25, 0.3) is 5.91 Å². The zero-order valence-electron chi connectivity index (χ0n) is 14.3. The summed E-state index contributed by atoms with van der Waals surface area (Å²) in [5, 5.41) is 0.638. The summed E-state index contributed by atoms with van der Waals surface area (Å²) in [5.74, 6) is -0.518. The summed E-state index contributed by atoms with van der Waals surface area (Å²) in [6.07, 6.45) is 0. The first-order valence-electron chi connectivity index (χ1n) is 8.26. The van der Waals surface area contributed by atoms with Crippen molar-refractivity contribution in [1.82, 2.24) is 4.90 Å². The minimum Gasteiger partial charge on any atom is -0.378 e. The molecule has 2 aromatic rings. The van der Waals surface area contributed by atoms with E-state index in [1.54, 1.807) is 41.3 Å². The summed E-state index contributed by atoms with van der Waals surface area (Å²) in [6, 6.07) is 11.2. The Hall–Kier alpha value is -1.80. The summed E-state index contributed by atoms with van der Waals surface area (Å²) in [4.78, 5) is 14.4. The normalized spacial score (nSPS) is 14.8. The molecule has 0 saturated carbocycles. The fourth-order valence-corrected chi connectivity index (χ4v) is 4.27. The molecule has 9 heteroatoms. The molecule has 1 heterocycles. The van der Waals surface area contributed by atoms with Gasteiger partial charge in [0, 0.05) is 13.1 Å². The predicted octanol–water partition coefficient (Wildman–Crippen LogP) is 3.41. The number of halogens is 2. The number of para-hydroxylation sites is 1. The SMILES string of the molecule is O=C(c1ccccc1NS(=O)(=O)Cc1ccc(Cl)c(Cl)c1)N1CCOCC1. The molecular formula is C18H18Cl2N2O4S. The van der Waals surface area contributed by atoms with E-state index in [2.05, 4.69) is 4.72 Å². The van der Waals surface area contributed by atoms with Gasteiger partial charge in [-0.1, -0.05) is 41.4 Å². The molecule has 6 nitrogen and oxygen atoms in total. The lowest BCUT2D eigenvalue weighted by Crippen LogP contribution is -2.41. The molecule has 0 bridgehead atoms. The van der Waals surface area contributed by atoms with Crippen LogP contribution in [-0.4, -0.2) is 45.5 Å². The van der Waals surface area contributed by atoms with E-state index in [0.29, 0.717) is 42.5 Å². The number of sulfonamides is 1. The number of rotatable bonds is 5. The molecule has 0 aliphatic carbocycles. The Kier molecular flexibility index (Phi) is 6.26. The average Bonchev–Trinajstić information content (AvgIpc) is 2.65. The van der Waals surface area contributed by atoms with E-state index in [4.69, 9.17) is 27.9 Å². The Balaban J connectivity index is 1.80. The fourth-order valence-electron chi connectivity index (χ4n) is 2.75. The number of hydrogen-bond donors (Lipinski definition) is 1. The first kappa shape index (κ1) is 19.9. The summed E-state index contributed by atoms with van der Waals surface area (Å²) >= 11 is 11.8. The number of nitrogens with zero attached hydrogens (tertiary/aromatic N) is 1. The fraction of sp³-hybridized carbons (Fsp3) is 0.278. The molecule has 2 aromatic carbocycles. The number of carbonyl (C=O) groups is 1. The Morgan fingerprint density at radius 3 is 2.48 bits per heavy atom. The minimum absolute atomic E-state index is 0.230. The van der Waals surface area contributed by atoms with Gasteiger partial charge in [-0.3, -0.25) is 9.52 Å². The molecule has 1 aliphatic heterocycles. The van der Waals surface area contributed by atoms with Gasteiger partial charge < -0.3 is 9.64 Å². The van der Waals surface area contributed by atoms with Crippen LogP contribution in [-0.2, 0) is 20.5 Å². The molecule has 1 saturated heterocycles. The van der Waals surface area contributed by atoms with E-state index in [-0.39, 0.29) is 22.4 Å². The standard InChI is InChI=1S/C18H18Cl2N2O4S/c19-15-6-5-13(11-16(15)20)12-27(24,25)21-17-4-2-1-3-14(17)18(23)22-7-9-26-10-8-22/h1-6,11,21H,7-10,12H2. The Morgan fingerprint density at radius 1 is 1.07 bits per heavy atom. The lowest BCUT2D eigenvalue weighted by Gasteiger charge is -2.27. The van der Waals surface area contributed by atoms with Gasteiger partial charge >= 0.3 is 0 Å². The first-order chi connectivity index (χ1) is 12.9. The Bertz CT molecular complexity index is 944. The zero-order chi connectivity index (χ0) is 19.4. The van der Waals surface area contributed by atoms with Crippen LogP contribution in [0.4, 0.5) is 5.69 Å². The van der Waals surface area contributed by atoms with Crippen molar-refractivity contribution in [2.45, 2.75) is 5.75 Å². The van der Waals surface area contributed by atoms with Gasteiger partial charge in [0.15, 0.2) is 0 Å². The Morgan fingerprint density at radius 2 is 1.78 bits per heavy atom. The molecule has 1 amide bonds. The van der Waals surface area contributed by atoms with Crippen LogP contribution in [0.2, 0.25) is 10.0 Å². The quantitative estimate of drug-likeness (QED) is 0.791. The molecule has 0 spiro atoms. The molecule has 144 valence electrons. The van der Waals surface area contributed by atoms with Crippen LogP contribution in [0.25, 0.3) is 0 Å². The van der Waals surface area contributed by atoms with Crippen molar-refractivity contribution in [3.05, 3.63) is 63.6 Å². The topological polar surface area (TPSA) is 75.7 Å². The maximum Gasteiger partial charge on any atom is 0.256 e. The lowest BCUT2D eigenvalue weighted by molar-refractivity contribution is 0.0303. The number of amides is 1. The number of nitrogens with one attached hydrogen (secondary N) is 1. The number of hydrogen-bond acceptors (Lipinski definition) is 4. The van der Waals surface area contributed by atoms with Gasteiger partial charge in [0.05, 0.1) is 40.3 Å². The molecule has 3 rings (SSSR count). The molecule has 27 heavy (non-hydrogen) atoms. The van der Waals surface area contributed by atoms with Gasteiger partial charge in [-0.15, -0.1) is 0 Å². The van der Waals surface area contributed by atoms with E-state index < -0.39 is 10.0 Å².